The number of carbonyl (C=O) groups excluding carboxylic acids is 1. The van der Waals surface area contributed by atoms with E-state index < -0.39 is 0 Å². The molecule has 102 valence electrons. The van der Waals surface area contributed by atoms with Crippen molar-refractivity contribution in [1.29, 1.82) is 5.26 Å². The highest BCUT2D eigenvalue weighted by Gasteiger charge is 2.28. The molecule has 0 unspecified atom stereocenters. The number of carbonyl (C=O) groups is 1. The van der Waals surface area contributed by atoms with Crippen molar-refractivity contribution in [1.82, 2.24) is 4.90 Å². The Morgan fingerprint density at radius 2 is 2.21 bits per heavy atom. The van der Waals surface area contributed by atoms with Crippen LogP contribution in [0, 0.1) is 17.2 Å². The number of nitrogens with zero attached hydrogens (tertiary/aromatic N) is 2. The Morgan fingerprint density at radius 1 is 1.53 bits per heavy atom. The van der Waals surface area contributed by atoms with Gasteiger partial charge >= 0.3 is 0 Å². The first-order valence-electron chi connectivity index (χ1n) is 6.71. The number of rotatable bonds is 3. The fourth-order valence-corrected chi connectivity index (χ4v) is 3.72. The van der Waals surface area contributed by atoms with E-state index in [4.69, 9.17) is 11.0 Å². The second-order valence-electron chi connectivity index (χ2n) is 4.88. The zero-order valence-corrected chi connectivity index (χ0v) is 12.2. The number of nitrogens with two attached hydrogens (primary N) is 1. The van der Waals surface area contributed by atoms with Gasteiger partial charge in [0, 0.05) is 17.3 Å². The summed E-state index contributed by atoms with van der Waals surface area (Å²) in [4.78, 5) is 15.4. The quantitative estimate of drug-likeness (QED) is 0.923. The summed E-state index contributed by atoms with van der Waals surface area (Å²) in [5.41, 5.74) is 7.53. The molecule has 1 aromatic heterocycles. The van der Waals surface area contributed by atoms with Crippen LogP contribution >= 0.6 is 11.3 Å². The van der Waals surface area contributed by atoms with E-state index in [0.717, 1.165) is 29.7 Å². The van der Waals surface area contributed by atoms with Gasteiger partial charge in [0.1, 0.15) is 11.1 Å². The minimum atomic E-state index is 0.120. The fourth-order valence-electron chi connectivity index (χ4n) is 2.63. The molecule has 0 fully saturated rings. The van der Waals surface area contributed by atoms with Crippen molar-refractivity contribution in [2.24, 2.45) is 5.92 Å². The summed E-state index contributed by atoms with van der Waals surface area (Å²) in [5, 5.41) is 9.69. The third kappa shape index (κ3) is 2.45. The van der Waals surface area contributed by atoms with E-state index in [2.05, 4.69) is 19.9 Å². The summed E-state index contributed by atoms with van der Waals surface area (Å²) in [7, 11) is 0. The molecular weight excluding hydrogens is 258 g/mol. The highest BCUT2D eigenvalue weighted by atomic mass is 32.1. The van der Waals surface area contributed by atoms with E-state index in [-0.39, 0.29) is 11.8 Å². The van der Waals surface area contributed by atoms with Crippen LogP contribution in [-0.4, -0.2) is 17.4 Å². The SMILES string of the molecule is CCC(CC)C(=O)N1CCc2c(sc(N)c2C#N)C1. The maximum Gasteiger partial charge on any atom is 0.225 e. The molecule has 1 aliphatic heterocycles. The van der Waals surface area contributed by atoms with Crippen molar-refractivity contribution in [2.75, 3.05) is 12.3 Å². The fraction of sp³-hybridized carbons (Fsp3) is 0.571. The molecule has 2 rings (SSSR count). The van der Waals surface area contributed by atoms with Crippen molar-refractivity contribution in [3.8, 4) is 6.07 Å². The number of fused-ring (bicyclic) bond motifs is 1. The molecule has 19 heavy (non-hydrogen) atoms. The molecule has 0 radical (unpaired) electrons. The van der Waals surface area contributed by atoms with Crippen LogP contribution < -0.4 is 5.73 Å². The summed E-state index contributed by atoms with van der Waals surface area (Å²) in [6.07, 6.45) is 2.52. The molecule has 0 saturated carbocycles. The maximum atomic E-state index is 12.4. The van der Waals surface area contributed by atoms with Gasteiger partial charge in [-0.15, -0.1) is 11.3 Å². The van der Waals surface area contributed by atoms with E-state index in [1.807, 2.05) is 4.90 Å². The van der Waals surface area contributed by atoms with Crippen molar-refractivity contribution in [3.05, 3.63) is 16.0 Å². The number of nitriles is 1. The van der Waals surface area contributed by atoms with E-state index in [1.54, 1.807) is 0 Å². The van der Waals surface area contributed by atoms with Crippen LogP contribution in [0.5, 0.6) is 0 Å². The Labute approximate surface area is 117 Å². The van der Waals surface area contributed by atoms with Crippen LogP contribution in [0.1, 0.15) is 42.7 Å². The van der Waals surface area contributed by atoms with E-state index >= 15 is 0 Å². The average Bonchev–Trinajstić information content (AvgIpc) is 2.74. The normalized spacial score (nSPS) is 14.3. The smallest absolute Gasteiger partial charge is 0.225 e. The number of nitrogen functional groups attached to an aromatic ring is 1. The third-order valence-corrected chi connectivity index (χ3v) is 4.89. The molecule has 0 bridgehead atoms. The molecule has 0 aromatic carbocycles. The molecule has 5 heteroatoms. The zero-order valence-electron chi connectivity index (χ0n) is 11.4. The van der Waals surface area contributed by atoms with E-state index in [1.165, 1.54) is 11.3 Å². The first-order valence-corrected chi connectivity index (χ1v) is 7.52. The Bertz CT molecular complexity index is 526. The average molecular weight is 277 g/mol. The lowest BCUT2D eigenvalue weighted by atomic mass is 9.98. The number of thiophene rings is 1. The first kappa shape index (κ1) is 13.9. The van der Waals surface area contributed by atoms with Gasteiger partial charge in [0.2, 0.25) is 5.91 Å². The lowest BCUT2D eigenvalue weighted by Gasteiger charge is -2.30. The van der Waals surface area contributed by atoms with Crippen LogP contribution in [0.3, 0.4) is 0 Å². The Kier molecular flexibility index (Phi) is 4.11. The minimum Gasteiger partial charge on any atom is -0.389 e. The van der Waals surface area contributed by atoms with E-state index in [0.29, 0.717) is 23.7 Å². The van der Waals surface area contributed by atoms with Crippen LogP contribution in [-0.2, 0) is 17.8 Å². The predicted molar refractivity (Wildman–Crippen MR) is 76.6 cm³/mol. The molecule has 2 heterocycles. The van der Waals surface area contributed by atoms with Crippen LogP contribution in [0.2, 0.25) is 0 Å². The van der Waals surface area contributed by atoms with Crippen LogP contribution in [0.15, 0.2) is 0 Å². The van der Waals surface area contributed by atoms with Gasteiger partial charge < -0.3 is 10.6 Å². The van der Waals surface area contributed by atoms with Gasteiger partial charge in [0.05, 0.1) is 12.1 Å². The van der Waals surface area contributed by atoms with Gasteiger partial charge in [-0.05, 0) is 24.8 Å². The minimum absolute atomic E-state index is 0.120. The summed E-state index contributed by atoms with van der Waals surface area (Å²) < 4.78 is 0. The molecule has 0 atom stereocenters. The number of anilines is 1. The van der Waals surface area contributed by atoms with Crippen molar-refractivity contribution in [2.45, 2.75) is 39.7 Å². The first-order chi connectivity index (χ1) is 9.12. The van der Waals surface area contributed by atoms with Crippen molar-refractivity contribution in [3.63, 3.8) is 0 Å². The molecule has 0 aliphatic carbocycles. The van der Waals surface area contributed by atoms with E-state index in [9.17, 15) is 4.79 Å². The molecule has 1 aliphatic rings. The van der Waals surface area contributed by atoms with Gasteiger partial charge in [-0.2, -0.15) is 5.26 Å². The Balaban J connectivity index is 2.19. The molecule has 1 aromatic rings. The molecule has 1 amide bonds. The topological polar surface area (TPSA) is 70.1 Å². The van der Waals surface area contributed by atoms with Crippen LogP contribution in [0.25, 0.3) is 0 Å². The third-order valence-electron chi connectivity index (χ3n) is 3.84. The lowest BCUT2D eigenvalue weighted by molar-refractivity contribution is -0.136. The van der Waals surface area contributed by atoms with Gasteiger partial charge in [0.25, 0.3) is 0 Å². The van der Waals surface area contributed by atoms with Gasteiger partial charge in [-0.25, -0.2) is 0 Å². The monoisotopic (exact) mass is 277 g/mol. The number of hydrogen-bond acceptors (Lipinski definition) is 4. The second kappa shape index (κ2) is 5.62. The molecular formula is C14H19N3OS. The second-order valence-corrected chi connectivity index (χ2v) is 6.01. The highest BCUT2D eigenvalue weighted by molar-refractivity contribution is 7.16. The Hall–Kier alpha value is -1.54. The van der Waals surface area contributed by atoms with Gasteiger partial charge in [-0.3, -0.25) is 4.79 Å². The lowest BCUT2D eigenvalue weighted by Crippen LogP contribution is -2.39. The summed E-state index contributed by atoms with van der Waals surface area (Å²) in [6, 6.07) is 2.17. The number of hydrogen-bond donors (Lipinski definition) is 1. The van der Waals surface area contributed by atoms with Crippen molar-refractivity contribution < 1.29 is 4.79 Å². The Morgan fingerprint density at radius 3 is 2.79 bits per heavy atom. The summed E-state index contributed by atoms with van der Waals surface area (Å²) in [6.45, 7) is 5.42. The zero-order chi connectivity index (χ0) is 14.0. The predicted octanol–water partition coefficient (Wildman–Crippen LogP) is 2.52. The van der Waals surface area contributed by atoms with Crippen molar-refractivity contribution >= 4 is 22.2 Å². The van der Waals surface area contributed by atoms with Gasteiger partial charge in [0.15, 0.2) is 0 Å². The molecule has 4 nitrogen and oxygen atoms in total. The summed E-state index contributed by atoms with van der Waals surface area (Å²) in [5.74, 6) is 0.357. The number of amides is 1. The molecule has 0 saturated heterocycles. The largest absolute Gasteiger partial charge is 0.389 e. The highest BCUT2D eigenvalue weighted by Crippen LogP contribution is 2.35. The van der Waals surface area contributed by atoms with Gasteiger partial charge in [-0.1, -0.05) is 13.8 Å². The molecule has 0 spiro atoms. The van der Waals surface area contributed by atoms with Crippen LogP contribution in [0.4, 0.5) is 5.00 Å². The summed E-state index contributed by atoms with van der Waals surface area (Å²) >= 11 is 1.45. The standard InChI is InChI=1S/C14H19N3OS/c1-3-9(4-2)14(18)17-6-5-10-11(7-15)13(16)19-12(10)8-17/h9H,3-6,8,16H2,1-2H3. The maximum absolute atomic E-state index is 12.4. The molecule has 2 N–H and O–H groups in total.